The van der Waals surface area contributed by atoms with Crippen molar-refractivity contribution in [3.63, 3.8) is 0 Å². The van der Waals surface area contributed by atoms with Gasteiger partial charge in [0.15, 0.2) is 0 Å². The number of carbonyl (C=O) groups is 1. The summed E-state index contributed by atoms with van der Waals surface area (Å²) in [5.74, 6) is 0.308. The fraction of sp³-hybridized carbons (Fsp3) is 0.429. The fourth-order valence-electron chi connectivity index (χ4n) is 2.24. The van der Waals surface area contributed by atoms with E-state index in [9.17, 15) is 4.79 Å². The van der Waals surface area contributed by atoms with Crippen LogP contribution in [0.5, 0.6) is 5.75 Å². The minimum Gasteiger partial charge on any atom is -0.495 e. The SMILES string of the molecule is COc1cccc(C(N)=S)c1NC(=O)C1(C)CCCO1. The highest BCUT2D eigenvalue weighted by molar-refractivity contribution is 7.80. The molecule has 1 aromatic rings. The van der Waals surface area contributed by atoms with E-state index in [1.54, 1.807) is 25.1 Å². The molecule has 1 heterocycles. The highest BCUT2D eigenvalue weighted by Crippen LogP contribution is 2.32. The number of benzene rings is 1. The largest absolute Gasteiger partial charge is 0.495 e. The summed E-state index contributed by atoms with van der Waals surface area (Å²) < 4.78 is 10.8. The van der Waals surface area contributed by atoms with Crippen molar-refractivity contribution in [1.29, 1.82) is 0 Å². The first-order valence-corrected chi connectivity index (χ1v) is 6.81. The van der Waals surface area contributed by atoms with E-state index in [1.165, 1.54) is 7.11 Å². The lowest BCUT2D eigenvalue weighted by molar-refractivity contribution is -0.133. The van der Waals surface area contributed by atoms with Crippen molar-refractivity contribution in [2.24, 2.45) is 5.73 Å². The van der Waals surface area contributed by atoms with Gasteiger partial charge >= 0.3 is 0 Å². The number of rotatable bonds is 4. The minimum atomic E-state index is -0.811. The smallest absolute Gasteiger partial charge is 0.256 e. The maximum atomic E-state index is 12.4. The molecule has 0 bridgehead atoms. The van der Waals surface area contributed by atoms with Crippen LogP contribution < -0.4 is 15.8 Å². The standard InChI is InChI=1S/C14H18N2O3S/c1-14(7-4-8-19-14)13(17)16-11-9(12(15)20)5-3-6-10(11)18-2/h3,5-6H,4,7-8H2,1-2H3,(H2,15,20)(H,16,17). The lowest BCUT2D eigenvalue weighted by atomic mass is 10.0. The Morgan fingerprint density at radius 3 is 2.85 bits per heavy atom. The summed E-state index contributed by atoms with van der Waals surface area (Å²) in [5.41, 5.74) is 5.95. The molecule has 1 aliphatic heterocycles. The van der Waals surface area contributed by atoms with E-state index < -0.39 is 5.60 Å². The summed E-state index contributed by atoms with van der Waals surface area (Å²) in [7, 11) is 1.53. The summed E-state index contributed by atoms with van der Waals surface area (Å²) >= 11 is 5.01. The normalized spacial score (nSPS) is 21.5. The number of thiocarbonyl (C=S) groups is 1. The molecule has 0 aliphatic carbocycles. The minimum absolute atomic E-state index is 0.205. The molecule has 1 saturated heterocycles. The molecule has 2 rings (SSSR count). The lowest BCUT2D eigenvalue weighted by Crippen LogP contribution is -2.39. The van der Waals surface area contributed by atoms with Crippen LogP contribution in [0.25, 0.3) is 0 Å². The number of anilines is 1. The maximum absolute atomic E-state index is 12.4. The molecule has 0 radical (unpaired) electrons. The molecule has 3 N–H and O–H groups in total. The Balaban J connectivity index is 2.32. The fourth-order valence-corrected chi connectivity index (χ4v) is 2.41. The second kappa shape index (κ2) is 5.76. The third kappa shape index (κ3) is 2.76. The van der Waals surface area contributed by atoms with Crippen LogP contribution >= 0.6 is 12.2 Å². The second-order valence-electron chi connectivity index (χ2n) is 4.88. The Hall–Kier alpha value is -1.66. The quantitative estimate of drug-likeness (QED) is 0.829. The number of carbonyl (C=O) groups excluding carboxylic acids is 1. The van der Waals surface area contributed by atoms with Gasteiger partial charge < -0.3 is 20.5 Å². The van der Waals surface area contributed by atoms with E-state index in [4.69, 9.17) is 27.4 Å². The monoisotopic (exact) mass is 294 g/mol. The number of hydrogen-bond donors (Lipinski definition) is 2. The Morgan fingerprint density at radius 1 is 1.55 bits per heavy atom. The Bertz CT molecular complexity index is 539. The zero-order chi connectivity index (χ0) is 14.8. The Kier molecular flexibility index (Phi) is 4.25. The summed E-state index contributed by atoms with van der Waals surface area (Å²) in [6.07, 6.45) is 1.56. The average Bonchev–Trinajstić information content (AvgIpc) is 2.87. The molecule has 20 heavy (non-hydrogen) atoms. The number of methoxy groups -OCH3 is 1. The highest BCUT2D eigenvalue weighted by atomic mass is 32.1. The van der Waals surface area contributed by atoms with Crippen molar-refractivity contribution < 1.29 is 14.3 Å². The molecular formula is C14H18N2O3S. The number of amides is 1. The van der Waals surface area contributed by atoms with Gasteiger partial charge in [0, 0.05) is 12.2 Å². The predicted octanol–water partition coefficient (Wildman–Crippen LogP) is 1.84. The van der Waals surface area contributed by atoms with Crippen LogP contribution in [0.3, 0.4) is 0 Å². The molecule has 1 aromatic carbocycles. The Labute approximate surface area is 123 Å². The van der Waals surface area contributed by atoms with Gasteiger partial charge in [-0.1, -0.05) is 18.3 Å². The van der Waals surface area contributed by atoms with Gasteiger partial charge in [-0.3, -0.25) is 4.79 Å². The predicted molar refractivity (Wildman–Crippen MR) is 81.1 cm³/mol. The Morgan fingerprint density at radius 2 is 2.30 bits per heavy atom. The second-order valence-corrected chi connectivity index (χ2v) is 5.32. The average molecular weight is 294 g/mol. The molecule has 1 aliphatic rings. The van der Waals surface area contributed by atoms with E-state index in [0.29, 0.717) is 30.0 Å². The molecule has 108 valence electrons. The van der Waals surface area contributed by atoms with Crippen LogP contribution in [-0.4, -0.2) is 30.2 Å². The third-order valence-electron chi connectivity index (χ3n) is 3.45. The number of nitrogens with one attached hydrogen (secondary N) is 1. The topological polar surface area (TPSA) is 73.6 Å². The zero-order valence-corrected chi connectivity index (χ0v) is 12.4. The molecule has 6 heteroatoms. The number of nitrogens with two attached hydrogens (primary N) is 1. The van der Waals surface area contributed by atoms with Gasteiger partial charge in [0.1, 0.15) is 16.3 Å². The highest BCUT2D eigenvalue weighted by Gasteiger charge is 2.38. The van der Waals surface area contributed by atoms with E-state index in [-0.39, 0.29) is 10.9 Å². The third-order valence-corrected chi connectivity index (χ3v) is 3.67. The van der Waals surface area contributed by atoms with Crippen molar-refractivity contribution in [3.8, 4) is 5.75 Å². The first kappa shape index (κ1) is 14.7. The van der Waals surface area contributed by atoms with Gasteiger partial charge in [0.25, 0.3) is 5.91 Å². The van der Waals surface area contributed by atoms with Crippen molar-refractivity contribution in [2.45, 2.75) is 25.4 Å². The molecule has 1 unspecified atom stereocenters. The van der Waals surface area contributed by atoms with Gasteiger partial charge in [-0.15, -0.1) is 0 Å². The van der Waals surface area contributed by atoms with Crippen LogP contribution in [0.4, 0.5) is 5.69 Å². The van der Waals surface area contributed by atoms with Gasteiger partial charge in [-0.25, -0.2) is 0 Å². The van der Waals surface area contributed by atoms with Crippen molar-refractivity contribution >= 4 is 28.8 Å². The van der Waals surface area contributed by atoms with Crippen molar-refractivity contribution in [1.82, 2.24) is 0 Å². The summed E-state index contributed by atoms with van der Waals surface area (Å²) in [4.78, 5) is 12.6. The van der Waals surface area contributed by atoms with Crippen LogP contribution in [0.15, 0.2) is 18.2 Å². The molecule has 0 spiro atoms. The van der Waals surface area contributed by atoms with Crippen LogP contribution in [0.1, 0.15) is 25.3 Å². The number of para-hydroxylation sites is 1. The molecule has 0 aromatic heterocycles. The number of hydrogen-bond acceptors (Lipinski definition) is 4. The maximum Gasteiger partial charge on any atom is 0.256 e. The summed E-state index contributed by atoms with van der Waals surface area (Å²) in [6, 6.07) is 5.27. The zero-order valence-electron chi connectivity index (χ0n) is 11.6. The van der Waals surface area contributed by atoms with Crippen LogP contribution in [0.2, 0.25) is 0 Å². The molecule has 1 amide bonds. The molecule has 0 saturated carbocycles. The van der Waals surface area contributed by atoms with Crippen molar-refractivity contribution in [3.05, 3.63) is 23.8 Å². The first-order valence-electron chi connectivity index (χ1n) is 6.40. The molecule has 1 fully saturated rings. The molecule has 5 nitrogen and oxygen atoms in total. The summed E-state index contributed by atoms with van der Waals surface area (Å²) in [6.45, 7) is 2.38. The van der Waals surface area contributed by atoms with Crippen LogP contribution in [0, 0.1) is 0 Å². The lowest BCUT2D eigenvalue weighted by Gasteiger charge is -2.23. The first-order chi connectivity index (χ1) is 9.48. The van der Waals surface area contributed by atoms with Gasteiger partial charge in [-0.05, 0) is 31.9 Å². The molecule has 1 atom stereocenters. The van der Waals surface area contributed by atoms with Gasteiger partial charge in [0.05, 0.1) is 12.8 Å². The van der Waals surface area contributed by atoms with Crippen LogP contribution in [-0.2, 0) is 9.53 Å². The number of ether oxygens (including phenoxy) is 2. The van der Waals surface area contributed by atoms with Gasteiger partial charge in [-0.2, -0.15) is 0 Å². The van der Waals surface area contributed by atoms with E-state index in [1.807, 2.05) is 0 Å². The van der Waals surface area contributed by atoms with E-state index in [0.717, 1.165) is 6.42 Å². The molecular weight excluding hydrogens is 276 g/mol. The van der Waals surface area contributed by atoms with E-state index >= 15 is 0 Å². The van der Waals surface area contributed by atoms with Gasteiger partial charge in [0.2, 0.25) is 0 Å². The summed E-state index contributed by atoms with van der Waals surface area (Å²) in [5, 5.41) is 2.84. The van der Waals surface area contributed by atoms with E-state index in [2.05, 4.69) is 5.32 Å². The van der Waals surface area contributed by atoms with Crippen molar-refractivity contribution in [2.75, 3.05) is 19.0 Å².